The maximum atomic E-state index is 13.1. The van der Waals surface area contributed by atoms with Gasteiger partial charge in [-0.3, -0.25) is 4.79 Å². The lowest BCUT2D eigenvalue weighted by Crippen LogP contribution is -2.39. The Labute approximate surface area is 165 Å². The van der Waals surface area contributed by atoms with E-state index in [1.165, 1.54) is 0 Å². The molecule has 0 amide bonds. The predicted molar refractivity (Wildman–Crippen MR) is 116 cm³/mol. The molecule has 1 saturated heterocycles. The minimum Gasteiger partial charge on any atom is -0.349 e. The van der Waals surface area contributed by atoms with Crippen LogP contribution in [0.15, 0.2) is 59.7 Å². The first-order valence-electron chi connectivity index (χ1n) is 8.50. The molecule has 0 saturated carbocycles. The lowest BCUT2D eigenvalue weighted by Gasteiger charge is -2.30. The summed E-state index contributed by atoms with van der Waals surface area (Å²) in [6, 6.07) is 16.1. The van der Waals surface area contributed by atoms with E-state index in [-0.39, 0.29) is 5.78 Å². The number of benzene rings is 2. The second kappa shape index (κ2) is 8.02. The van der Waals surface area contributed by atoms with Crippen molar-refractivity contribution in [3.63, 3.8) is 0 Å². The number of nitrogens with zero attached hydrogens (tertiary/aromatic N) is 1. The highest BCUT2D eigenvalue weighted by Crippen LogP contribution is 2.24. The van der Waals surface area contributed by atoms with Gasteiger partial charge in [0, 0.05) is 24.2 Å². The van der Waals surface area contributed by atoms with Gasteiger partial charge in [0.2, 0.25) is 0 Å². The van der Waals surface area contributed by atoms with Crippen LogP contribution in [0.5, 0.6) is 0 Å². The molecule has 1 heterocycles. The highest BCUT2D eigenvalue weighted by atomic mass is 32.1. The quantitative estimate of drug-likeness (QED) is 0.457. The van der Waals surface area contributed by atoms with Gasteiger partial charge in [0.05, 0.1) is 0 Å². The van der Waals surface area contributed by atoms with E-state index < -0.39 is 0 Å². The number of hydrogen-bond donors (Lipinski definition) is 1. The zero-order valence-corrected chi connectivity index (χ0v) is 16.6. The topological polar surface area (TPSA) is 20.3 Å². The zero-order valence-electron chi connectivity index (χ0n) is 14.9. The van der Waals surface area contributed by atoms with Crippen molar-refractivity contribution in [2.45, 2.75) is 13.8 Å². The summed E-state index contributed by atoms with van der Waals surface area (Å²) >= 11 is 9.60. The summed E-state index contributed by atoms with van der Waals surface area (Å²) in [4.78, 5) is 15.0. The number of carbonyl (C=O) groups excluding carboxylic acids is 1. The number of Topliss-reactive ketones (excluding diaryl/α,β-unsaturated/α-hetero) is 1. The standard InChI is InChI=1S/C22H21NOS2/c1-15-7-3-5-9-17(15)11-19-13-23(22(25)26)14-20(21(19)24)12-18-10-6-4-8-16(18)2/h3-12H,13-14H2,1-2H3,(H,25,26)/b19-11+,20-12+. The highest BCUT2D eigenvalue weighted by molar-refractivity contribution is 8.10. The van der Waals surface area contributed by atoms with E-state index in [1.807, 2.05) is 79.4 Å². The van der Waals surface area contributed by atoms with E-state index >= 15 is 0 Å². The van der Waals surface area contributed by atoms with Crippen LogP contribution in [0.1, 0.15) is 22.3 Å². The van der Waals surface area contributed by atoms with Gasteiger partial charge < -0.3 is 4.90 Å². The molecule has 1 aliphatic rings. The number of aryl methyl sites for hydroxylation is 2. The van der Waals surface area contributed by atoms with Crippen LogP contribution < -0.4 is 0 Å². The van der Waals surface area contributed by atoms with Gasteiger partial charge in [-0.25, -0.2) is 0 Å². The molecule has 2 aromatic rings. The van der Waals surface area contributed by atoms with Crippen molar-refractivity contribution < 1.29 is 4.79 Å². The Morgan fingerprint density at radius 1 is 0.923 bits per heavy atom. The van der Waals surface area contributed by atoms with Gasteiger partial charge in [0.15, 0.2) is 5.78 Å². The first kappa shape index (κ1) is 18.6. The molecule has 0 unspecified atom stereocenters. The second-order valence-corrected chi connectivity index (χ2v) is 7.63. The predicted octanol–water partition coefficient (Wildman–Crippen LogP) is 4.87. The molecule has 1 aliphatic heterocycles. The number of thiol groups is 1. The molecule has 4 heteroatoms. The van der Waals surface area contributed by atoms with Gasteiger partial charge in [-0.05, 0) is 48.3 Å². The Hall–Kier alpha value is -2.17. The molecule has 0 spiro atoms. The summed E-state index contributed by atoms with van der Waals surface area (Å²) in [5.74, 6) is 0.0809. The molecule has 0 atom stereocenters. The third-order valence-electron chi connectivity index (χ3n) is 4.61. The fraction of sp³-hybridized carbons (Fsp3) is 0.182. The van der Waals surface area contributed by atoms with E-state index in [9.17, 15) is 4.79 Å². The molecule has 0 aromatic heterocycles. The third kappa shape index (κ3) is 4.14. The van der Waals surface area contributed by atoms with Crippen molar-refractivity contribution in [3.8, 4) is 0 Å². The molecule has 1 fully saturated rings. The van der Waals surface area contributed by atoms with Crippen LogP contribution in [0, 0.1) is 13.8 Å². The Morgan fingerprint density at radius 2 is 1.35 bits per heavy atom. The number of likely N-dealkylation sites (tertiary alicyclic amines) is 1. The first-order valence-corrected chi connectivity index (χ1v) is 9.36. The summed E-state index contributed by atoms with van der Waals surface area (Å²) in [7, 11) is 0. The molecule has 2 aromatic carbocycles. The van der Waals surface area contributed by atoms with Crippen LogP contribution in [0.2, 0.25) is 0 Å². The van der Waals surface area contributed by atoms with E-state index in [1.54, 1.807) is 0 Å². The summed E-state index contributed by atoms with van der Waals surface area (Å²) < 4.78 is 0.504. The van der Waals surface area contributed by atoms with Gasteiger partial charge in [-0.2, -0.15) is 0 Å². The van der Waals surface area contributed by atoms with Crippen molar-refractivity contribution in [2.75, 3.05) is 13.1 Å². The monoisotopic (exact) mass is 379 g/mol. The fourth-order valence-electron chi connectivity index (χ4n) is 3.05. The molecule has 26 heavy (non-hydrogen) atoms. The van der Waals surface area contributed by atoms with Gasteiger partial charge in [-0.15, -0.1) is 12.6 Å². The van der Waals surface area contributed by atoms with Gasteiger partial charge in [0.25, 0.3) is 0 Å². The van der Waals surface area contributed by atoms with E-state index in [4.69, 9.17) is 12.2 Å². The Bertz CT molecular complexity index is 860. The molecule has 2 nitrogen and oxygen atoms in total. The van der Waals surface area contributed by atoms with Gasteiger partial charge in [-0.1, -0.05) is 60.7 Å². The molecular weight excluding hydrogens is 358 g/mol. The first-order chi connectivity index (χ1) is 12.5. The van der Waals surface area contributed by atoms with Crippen molar-refractivity contribution >= 4 is 47.1 Å². The molecule has 132 valence electrons. The molecule has 0 aliphatic carbocycles. The Kier molecular flexibility index (Phi) is 5.74. The van der Waals surface area contributed by atoms with Gasteiger partial charge in [0.1, 0.15) is 4.32 Å². The molecule has 0 radical (unpaired) electrons. The zero-order chi connectivity index (χ0) is 18.7. The van der Waals surface area contributed by atoms with Crippen molar-refractivity contribution in [2.24, 2.45) is 0 Å². The fourth-order valence-corrected chi connectivity index (χ4v) is 3.32. The van der Waals surface area contributed by atoms with Crippen LogP contribution >= 0.6 is 24.8 Å². The minimum absolute atomic E-state index is 0.0809. The second-order valence-electron chi connectivity index (χ2n) is 6.52. The van der Waals surface area contributed by atoms with Crippen LogP contribution in [0.3, 0.4) is 0 Å². The maximum Gasteiger partial charge on any atom is 0.188 e. The summed E-state index contributed by atoms with van der Waals surface area (Å²) in [5.41, 5.74) is 5.87. The number of thiocarbonyl (C=S) groups is 1. The summed E-state index contributed by atoms with van der Waals surface area (Å²) in [6.07, 6.45) is 3.95. The average Bonchev–Trinajstić information content (AvgIpc) is 2.61. The third-order valence-corrected chi connectivity index (χ3v) is 5.15. The summed E-state index contributed by atoms with van der Waals surface area (Å²) in [6.45, 7) is 5.07. The Balaban J connectivity index is 2.04. The highest BCUT2D eigenvalue weighted by Gasteiger charge is 2.26. The number of piperidine rings is 1. The van der Waals surface area contributed by atoms with Crippen molar-refractivity contribution in [1.82, 2.24) is 4.90 Å². The molecule has 0 N–H and O–H groups in total. The normalized spacial score (nSPS) is 17.8. The van der Waals surface area contributed by atoms with Gasteiger partial charge >= 0.3 is 0 Å². The van der Waals surface area contributed by atoms with E-state index in [0.29, 0.717) is 17.4 Å². The molecular formula is C22H21NOS2. The summed E-state index contributed by atoms with van der Waals surface area (Å²) in [5, 5.41) is 0. The van der Waals surface area contributed by atoms with Crippen LogP contribution in [-0.4, -0.2) is 28.1 Å². The smallest absolute Gasteiger partial charge is 0.188 e. The van der Waals surface area contributed by atoms with E-state index in [2.05, 4.69) is 12.6 Å². The SMILES string of the molecule is Cc1ccccc1/C=C1\CN(C(=S)S)C/C(=C\c2ccccc2C)C1=O. The average molecular weight is 380 g/mol. The lowest BCUT2D eigenvalue weighted by molar-refractivity contribution is -0.113. The van der Waals surface area contributed by atoms with E-state index in [0.717, 1.165) is 33.4 Å². The molecule has 0 bridgehead atoms. The van der Waals surface area contributed by atoms with Crippen molar-refractivity contribution in [3.05, 3.63) is 81.9 Å². The van der Waals surface area contributed by atoms with Crippen LogP contribution in [0.25, 0.3) is 12.2 Å². The lowest BCUT2D eigenvalue weighted by atomic mass is 9.93. The number of carbonyl (C=O) groups is 1. The Morgan fingerprint density at radius 3 is 1.73 bits per heavy atom. The van der Waals surface area contributed by atoms with Crippen LogP contribution in [-0.2, 0) is 4.79 Å². The van der Waals surface area contributed by atoms with Crippen molar-refractivity contribution in [1.29, 1.82) is 0 Å². The number of rotatable bonds is 2. The van der Waals surface area contributed by atoms with Crippen LogP contribution in [0.4, 0.5) is 0 Å². The largest absolute Gasteiger partial charge is 0.349 e. The molecule has 3 rings (SSSR count). The maximum absolute atomic E-state index is 13.1. The number of ketones is 1. The number of hydrogen-bond acceptors (Lipinski definition) is 2. The minimum atomic E-state index is 0.0809.